The van der Waals surface area contributed by atoms with Crippen molar-refractivity contribution in [1.29, 1.82) is 0 Å². The number of hydrogen-bond donors (Lipinski definition) is 2. The van der Waals surface area contributed by atoms with E-state index in [1.54, 1.807) is 78.0 Å². The van der Waals surface area contributed by atoms with Gasteiger partial charge in [-0.1, -0.05) is 93.4 Å². The largest absolute Gasteiger partial charge is 0.497 e. The highest BCUT2D eigenvalue weighted by Crippen LogP contribution is 2.41. The second-order valence-electron chi connectivity index (χ2n) is 20.3. The Bertz CT molecular complexity index is 2900. The van der Waals surface area contributed by atoms with Crippen LogP contribution >= 0.6 is 0 Å². The highest BCUT2D eigenvalue weighted by molar-refractivity contribution is 5.91. The van der Waals surface area contributed by atoms with Gasteiger partial charge in [0.1, 0.15) is 40.6 Å². The van der Waals surface area contributed by atoms with Crippen molar-refractivity contribution < 1.29 is 42.5 Å². The summed E-state index contributed by atoms with van der Waals surface area (Å²) >= 11 is 0. The van der Waals surface area contributed by atoms with Crippen LogP contribution in [0, 0.1) is 12.7 Å². The quantitative estimate of drug-likeness (QED) is 0.0483. The van der Waals surface area contributed by atoms with Crippen molar-refractivity contribution in [1.82, 2.24) is 39.5 Å². The molecule has 8 rings (SSSR count). The van der Waals surface area contributed by atoms with Crippen LogP contribution in [0.15, 0.2) is 122 Å². The number of rotatable bonds is 27. The minimum absolute atomic E-state index is 0.0247. The first kappa shape index (κ1) is 55.9. The molecule has 2 aliphatic heterocycles. The standard InChI is InChI=1S/C60H73FN8O8/c1-7-9-29-76-59(48-16-12-11-15-42(48)3)36-68(37-59)58(73)54(32-44-21-26-47(75-6)27-22-44)69(56(71)28-23-45-34-63-41-66(45)4)53(52-35-62-40-64-52)33-55(70)65-51(31-43-19-24-46(74-5)25-20-43)57(72)67-38-60(39-67,77-30-10-8-2)49-17-13-14-18-50(49)61/h11-22,24-27,34-35,40-41,51,53-54H,7-10,23,28-33,36-39H2,1-6H3,(H,62,64)(H,65,70)/t51-,53?,54-/m1/s1. The third kappa shape index (κ3) is 13.1. The maximum absolute atomic E-state index is 15.7. The number of imidazole rings is 2. The van der Waals surface area contributed by atoms with Gasteiger partial charge in [-0.2, -0.15) is 0 Å². The molecule has 408 valence electrons. The summed E-state index contributed by atoms with van der Waals surface area (Å²) in [7, 11) is 5.01. The van der Waals surface area contributed by atoms with Gasteiger partial charge in [-0.25, -0.2) is 14.4 Å². The number of ether oxygens (including phenoxy) is 4. The van der Waals surface area contributed by atoms with E-state index in [9.17, 15) is 4.79 Å². The average molecular weight is 1050 g/mol. The third-order valence-corrected chi connectivity index (χ3v) is 15.0. The van der Waals surface area contributed by atoms with Gasteiger partial charge in [0, 0.05) is 57.0 Å². The lowest BCUT2D eigenvalue weighted by Gasteiger charge is -2.52. The molecule has 16 nitrogen and oxygen atoms in total. The van der Waals surface area contributed by atoms with E-state index in [1.807, 2.05) is 80.1 Å². The lowest BCUT2D eigenvalue weighted by molar-refractivity contribution is -0.180. The number of aromatic amines is 1. The molecular weight excluding hydrogens is 980 g/mol. The summed E-state index contributed by atoms with van der Waals surface area (Å²) in [5, 5.41) is 3.07. The van der Waals surface area contributed by atoms with Crippen LogP contribution in [0.1, 0.15) is 97.6 Å². The van der Waals surface area contributed by atoms with Gasteiger partial charge in [0.05, 0.1) is 77.4 Å². The maximum atomic E-state index is 15.7. The molecule has 0 aliphatic carbocycles. The number of aryl methyl sites for hydroxylation is 3. The predicted octanol–water partition coefficient (Wildman–Crippen LogP) is 7.95. The maximum Gasteiger partial charge on any atom is 0.245 e. The van der Waals surface area contributed by atoms with E-state index in [-0.39, 0.29) is 69.6 Å². The van der Waals surface area contributed by atoms with Crippen molar-refractivity contribution >= 4 is 23.6 Å². The molecule has 2 aromatic heterocycles. The molecule has 2 N–H and O–H groups in total. The molecule has 4 amide bonds. The van der Waals surface area contributed by atoms with Crippen LogP contribution in [0.5, 0.6) is 11.5 Å². The molecule has 6 aromatic rings. The summed E-state index contributed by atoms with van der Waals surface area (Å²) in [4.78, 5) is 77.9. The number of unbranched alkanes of at least 4 members (excludes halogenated alkanes) is 2. The Hall–Kier alpha value is -7.37. The van der Waals surface area contributed by atoms with Crippen LogP contribution < -0.4 is 14.8 Å². The lowest BCUT2D eigenvalue weighted by atomic mass is 9.82. The van der Waals surface area contributed by atoms with Crippen molar-refractivity contribution in [3.63, 3.8) is 0 Å². The highest BCUT2D eigenvalue weighted by Gasteiger charge is 2.52. The van der Waals surface area contributed by atoms with E-state index in [4.69, 9.17) is 18.9 Å². The minimum Gasteiger partial charge on any atom is -0.497 e. The molecule has 4 aromatic carbocycles. The first-order valence-electron chi connectivity index (χ1n) is 26.8. The monoisotopic (exact) mass is 1050 g/mol. The lowest BCUT2D eigenvalue weighted by Crippen LogP contribution is -2.67. The Kier molecular flexibility index (Phi) is 18.6. The van der Waals surface area contributed by atoms with Gasteiger partial charge in [-0.3, -0.25) is 19.2 Å². The number of benzene rings is 4. The summed E-state index contributed by atoms with van der Waals surface area (Å²) in [6.07, 6.45) is 9.94. The number of halogens is 1. The second kappa shape index (κ2) is 25.6. The summed E-state index contributed by atoms with van der Waals surface area (Å²) in [5.41, 5.74) is 3.32. The first-order valence-corrected chi connectivity index (χ1v) is 26.8. The molecule has 0 saturated carbocycles. The predicted molar refractivity (Wildman–Crippen MR) is 289 cm³/mol. The van der Waals surface area contributed by atoms with Gasteiger partial charge in [0.2, 0.25) is 23.6 Å². The van der Waals surface area contributed by atoms with E-state index in [0.29, 0.717) is 42.4 Å². The zero-order valence-corrected chi connectivity index (χ0v) is 45.2. The SMILES string of the molecule is CCCCOC1(c2ccccc2C)CN(C(=O)[C@@H](Cc2ccc(OC)cc2)N(C(=O)CCc2cncn2C)C(CC(=O)N[C@H](Cc2ccc(OC)cc2)C(=O)N2CC(OCCCC)(c3ccccc3F)C2)c2cnc[nH]2)C1. The second-order valence-corrected chi connectivity index (χ2v) is 20.3. The Labute approximate surface area is 451 Å². The van der Waals surface area contributed by atoms with Crippen LogP contribution in [-0.2, 0) is 66.2 Å². The molecule has 0 spiro atoms. The van der Waals surface area contributed by atoms with Gasteiger partial charge in [-0.05, 0) is 78.8 Å². The smallest absolute Gasteiger partial charge is 0.245 e. The number of nitrogens with zero attached hydrogens (tertiary/aromatic N) is 6. The Morgan fingerprint density at radius 1 is 0.740 bits per heavy atom. The fraction of sp³-hybridized carbons (Fsp3) is 0.433. The Balaban J connectivity index is 1.15. The summed E-state index contributed by atoms with van der Waals surface area (Å²) < 4.78 is 41.4. The van der Waals surface area contributed by atoms with Crippen molar-refractivity contribution in [2.75, 3.05) is 53.6 Å². The zero-order valence-electron chi connectivity index (χ0n) is 45.2. The molecule has 0 bridgehead atoms. The number of H-pyrrole nitrogens is 1. The van der Waals surface area contributed by atoms with Crippen LogP contribution in [0.3, 0.4) is 0 Å². The van der Waals surface area contributed by atoms with Gasteiger partial charge in [-0.15, -0.1) is 0 Å². The zero-order chi connectivity index (χ0) is 54.5. The van der Waals surface area contributed by atoms with E-state index in [1.165, 1.54) is 12.4 Å². The average Bonchev–Trinajstić information content (AvgIpc) is 4.19. The molecule has 77 heavy (non-hydrogen) atoms. The van der Waals surface area contributed by atoms with Crippen molar-refractivity contribution in [3.8, 4) is 11.5 Å². The van der Waals surface area contributed by atoms with Crippen LogP contribution in [0.2, 0.25) is 0 Å². The molecule has 1 unspecified atom stereocenters. The number of nitrogens with one attached hydrogen (secondary N) is 2. The number of methoxy groups -OCH3 is 2. The Morgan fingerprint density at radius 3 is 1.86 bits per heavy atom. The van der Waals surface area contributed by atoms with Crippen molar-refractivity contribution in [3.05, 3.63) is 167 Å². The van der Waals surface area contributed by atoms with Gasteiger partial charge in [0.15, 0.2) is 0 Å². The van der Waals surface area contributed by atoms with E-state index < -0.39 is 41.1 Å². The van der Waals surface area contributed by atoms with Crippen LogP contribution in [0.4, 0.5) is 4.39 Å². The number of amides is 4. The number of likely N-dealkylation sites (tertiary alicyclic amines) is 2. The molecule has 0 radical (unpaired) electrons. The van der Waals surface area contributed by atoms with E-state index in [0.717, 1.165) is 53.6 Å². The van der Waals surface area contributed by atoms with E-state index in [2.05, 4.69) is 33.3 Å². The molecular formula is C60H73FN8O8. The number of carbonyl (C=O) groups is 4. The number of hydrogen-bond acceptors (Lipinski definition) is 10. The fourth-order valence-electron chi connectivity index (χ4n) is 10.6. The number of aromatic nitrogens is 4. The number of carbonyl (C=O) groups excluding carboxylic acids is 4. The highest BCUT2D eigenvalue weighted by atomic mass is 19.1. The summed E-state index contributed by atoms with van der Waals surface area (Å²) in [6, 6.07) is 25.8. The normalized spacial score (nSPS) is 15.6. The van der Waals surface area contributed by atoms with Gasteiger partial charge in [0.25, 0.3) is 0 Å². The topological polar surface area (TPSA) is 173 Å². The minimum atomic E-state index is -1.13. The molecule has 3 atom stereocenters. The van der Waals surface area contributed by atoms with Crippen LogP contribution in [-0.4, -0.2) is 124 Å². The first-order chi connectivity index (χ1) is 37.3. The van der Waals surface area contributed by atoms with Crippen molar-refractivity contribution in [2.45, 2.75) is 108 Å². The molecule has 2 saturated heterocycles. The summed E-state index contributed by atoms with van der Waals surface area (Å²) in [6.45, 7) is 7.73. The van der Waals surface area contributed by atoms with Gasteiger partial charge < -0.3 is 48.5 Å². The molecule has 2 fully saturated rings. The van der Waals surface area contributed by atoms with Crippen molar-refractivity contribution in [2.24, 2.45) is 7.05 Å². The summed E-state index contributed by atoms with van der Waals surface area (Å²) in [5.74, 6) is -0.801. The Morgan fingerprint density at radius 2 is 1.31 bits per heavy atom. The fourth-order valence-corrected chi connectivity index (χ4v) is 10.6. The van der Waals surface area contributed by atoms with Crippen LogP contribution in [0.25, 0.3) is 0 Å². The van der Waals surface area contributed by atoms with Gasteiger partial charge >= 0.3 is 0 Å². The third-order valence-electron chi connectivity index (χ3n) is 15.0. The van der Waals surface area contributed by atoms with E-state index >= 15 is 18.8 Å². The molecule has 2 aliphatic rings. The molecule has 4 heterocycles. The molecule has 17 heteroatoms.